The molecule has 1 aromatic carbocycles. The zero-order chi connectivity index (χ0) is 9.97. The Kier molecular flexibility index (Phi) is 3.52. The van der Waals surface area contributed by atoms with E-state index < -0.39 is 0 Å². The molecule has 0 aromatic heterocycles. The lowest BCUT2D eigenvalue weighted by molar-refractivity contribution is 0.188. The van der Waals surface area contributed by atoms with Crippen LogP contribution < -0.4 is 0 Å². The van der Waals surface area contributed by atoms with Gasteiger partial charge >= 0.3 is 0 Å². The van der Waals surface area contributed by atoms with Gasteiger partial charge in [0.2, 0.25) is 0 Å². The first kappa shape index (κ1) is 10.5. The predicted molar refractivity (Wildman–Crippen MR) is 63.6 cm³/mol. The third-order valence-electron chi connectivity index (χ3n) is 2.52. The van der Waals surface area contributed by atoms with E-state index in [4.69, 9.17) is 0 Å². The molecular formula is C11H13BrOS. The Balaban J connectivity index is 2.00. The summed E-state index contributed by atoms with van der Waals surface area (Å²) in [6.45, 7) is 0. The minimum atomic E-state index is -0.108. The molecule has 1 aliphatic carbocycles. The number of hydrogen-bond acceptors (Lipinski definition) is 2. The number of thioether (sulfide) groups is 1. The van der Waals surface area contributed by atoms with E-state index in [9.17, 15) is 5.11 Å². The van der Waals surface area contributed by atoms with Gasteiger partial charge in [0.05, 0.1) is 6.10 Å². The van der Waals surface area contributed by atoms with Crippen LogP contribution >= 0.6 is 27.7 Å². The minimum absolute atomic E-state index is 0.108. The fraction of sp³-hybridized carbons (Fsp3) is 0.455. The van der Waals surface area contributed by atoms with Crippen molar-refractivity contribution in [2.75, 3.05) is 0 Å². The molecule has 0 saturated heterocycles. The van der Waals surface area contributed by atoms with E-state index in [1.165, 1.54) is 4.90 Å². The summed E-state index contributed by atoms with van der Waals surface area (Å²) in [6.07, 6.45) is 3.16. The molecule has 1 N–H and O–H groups in total. The SMILES string of the molecule is OC1CCCC1Sc1ccc(Br)cc1. The second kappa shape index (κ2) is 4.69. The molecule has 1 aliphatic rings. The van der Waals surface area contributed by atoms with Crippen molar-refractivity contribution in [3.05, 3.63) is 28.7 Å². The van der Waals surface area contributed by atoms with Gasteiger partial charge in [-0.1, -0.05) is 15.9 Å². The van der Waals surface area contributed by atoms with Gasteiger partial charge in [0.15, 0.2) is 0 Å². The molecule has 1 nitrogen and oxygen atoms in total. The molecule has 0 amide bonds. The lowest BCUT2D eigenvalue weighted by Gasteiger charge is -2.13. The standard InChI is InChI=1S/C11H13BrOS/c12-8-4-6-9(7-5-8)14-11-3-1-2-10(11)13/h4-7,10-11,13H,1-3H2. The van der Waals surface area contributed by atoms with Crippen LogP contribution in [-0.4, -0.2) is 16.5 Å². The fourth-order valence-electron chi connectivity index (χ4n) is 1.73. The lowest BCUT2D eigenvalue weighted by Crippen LogP contribution is -2.14. The van der Waals surface area contributed by atoms with E-state index in [-0.39, 0.29) is 6.10 Å². The largest absolute Gasteiger partial charge is 0.392 e. The van der Waals surface area contributed by atoms with Crippen LogP contribution in [0.15, 0.2) is 33.6 Å². The normalized spacial score (nSPS) is 26.7. The monoisotopic (exact) mass is 272 g/mol. The third-order valence-corrected chi connectivity index (χ3v) is 4.44. The smallest absolute Gasteiger partial charge is 0.0662 e. The maximum Gasteiger partial charge on any atom is 0.0662 e. The Bertz CT molecular complexity index is 299. The second-order valence-corrected chi connectivity index (χ2v) is 5.84. The topological polar surface area (TPSA) is 20.2 Å². The number of rotatable bonds is 2. The highest BCUT2D eigenvalue weighted by atomic mass is 79.9. The van der Waals surface area contributed by atoms with Crippen molar-refractivity contribution in [1.82, 2.24) is 0 Å². The van der Waals surface area contributed by atoms with Crippen molar-refractivity contribution in [3.63, 3.8) is 0 Å². The summed E-state index contributed by atoms with van der Waals surface area (Å²) in [4.78, 5) is 1.25. The summed E-state index contributed by atoms with van der Waals surface area (Å²) in [7, 11) is 0. The molecule has 14 heavy (non-hydrogen) atoms. The van der Waals surface area contributed by atoms with E-state index >= 15 is 0 Å². The molecule has 2 atom stereocenters. The Hall–Kier alpha value is 0.01000. The van der Waals surface area contributed by atoms with Gasteiger partial charge in [-0.25, -0.2) is 0 Å². The predicted octanol–water partition coefficient (Wildman–Crippen LogP) is 3.45. The van der Waals surface area contributed by atoms with Gasteiger partial charge in [0.1, 0.15) is 0 Å². The number of benzene rings is 1. The Morgan fingerprint density at radius 2 is 1.93 bits per heavy atom. The first-order chi connectivity index (χ1) is 6.75. The maximum atomic E-state index is 9.67. The highest BCUT2D eigenvalue weighted by molar-refractivity contribution is 9.10. The first-order valence-corrected chi connectivity index (χ1v) is 6.53. The van der Waals surface area contributed by atoms with Crippen molar-refractivity contribution in [2.45, 2.75) is 35.5 Å². The van der Waals surface area contributed by atoms with Crippen LogP contribution in [0, 0.1) is 0 Å². The van der Waals surface area contributed by atoms with Crippen molar-refractivity contribution >= 4 is 27.7 Å². The van der Waals surface area contributed by atoms with Crippen LogP contribution in [0.1, 0.15) is 19.3 Å². The minimum Gasteiger partial charge on any atom is -0.392 e. The van der Waals surface area contributed by atoms with Gasteiger partial charge in [0.25, 0.3) is 0 Å². The molecule has 2 unspecified atom stereocenters. The number of hydrogen-bond donors (Lipinski definition) is 1. The van der Waals surface area contributed by atoms with E-state index in [2.05, 4.69) is 28.1 Å². The summed E-state index contributed by atoms with van der Waals surface area (Å²) in [5.41, 5.74) is 0. The molecule has 2 rings (SSSR count). The maximum absolute atomic E-state index is 9.67. The summed E-state index contributed by atoms with van der Waals surface area (Å²) >= 11 is 5.21. The molecule has 1 saturated carbocycles. The zero-order valence-electron chi connectivity index (χ0n) is 7.82. The quantitative estimate of drug-likeness (QED) is 0.890. The van der Waals surface area contributed by atoms with Crippen LogP contribution in [-0.2, 0) is 0 Å². The molecule has 0 spiro atoms. The average Bonchev–Trinajstić information content (AvgIpc) is 2.56. The molecule has 1 aromatic rings. The van der Waals surface area contributed by atoms with E-state index in [1.54, 1.807) is 11.8 Å². The Labute approximate surface area is 97.0 Å². The van der Waals surface area contributed by atoms with E-state index in [1.807, 2.05) is 12.1 Å². The van der Waals surface area contributed by atoms with Gasteiger partial charge in [-0.3, -0.25) is 0 Å². The van der Waals surface area contributed by atoms with Crippen molar-refractivity contribution in [1.29, 1.82) is 0 Å². The average molecular weight is 273 g/mol. The fourth-order valence-corrected chi connectivity index (χ4v) is 3.22. The molecular weight excluding hydrogens is 260 g/mol. The van der Waals surface area contributed by atoms with Crippen LogP contribution in [0.3, 0.4) is 0 Å². The summed E-state index contributed by atoms with van der Waals surface area (Å²) in [5, 5.41) is 10.1. The van der Waals surface area contributed by atoms with Crippen LogP contribution in [0.4, 0.5) is 0 Å². The van der Waals surface area contributed by atoms with Crippen molar-refractivity contribution in [3.8, 4) is 0 Å². The van der Waals surface area contributed by atoms with E-state index in [0.717, 1.165) is 23.7 Å². The zero-order valence-corrected chi connectivity index (χ0v) is 10.2. The molecule has 76 valence electrons. The number of aliphatic hydroxyl groups is 1. The van der Waals surface area contributed by atoms with Crippen LogP contribution in [0.2, 0.25) is 0 Å². The summed E-state index contributed by atoms with van der Waals surface area (Å²) in [6, 6.07) is 8.28. The van der Waals surface area contributed by atoms with Gasteiger partial charge in [-0.2, -0.15) is 0 Å². The molecule has 0 heterocycles. The third kappa shape index (κ3) is 2.53. The van der Waals surface area contributed by atoms with Gasteiger partial charge in [0, 0.05) is 14.6 Å². The molecule has 1 fully saturated rings. The number of halogens is 1. The van der Waals surface area contributed by atoms with Crippen molar-refractivity contribution in [2.24, 2.45) is 0 Å². The molecule has 0 bridgehead atoms. The van der Waals surface area contributed by atoms with Crippen molar-refractivity contribution < 1.29 is 5.11 Å². The van der Waals surface area contributed by atoms with Crippen LogP contribution in [0.25, 0.3) is 0 Å². The Morgan fingerprint density at radius 3 is 2.50 bits per heavy atom. The molecule has 0 aliphatic heterocycles. The Morgan fingerprint density at radius 1 is 1.21 bits per heavy atom. The second-order valence-electron chi connectivity index (χ2n) is 3.61. The highest BCUT2D eigenvalue weighted by Gasteiger charge is 2.25. The molecule has 3 heteroatoms. The summed E-state index contributed by atoms with van der Waals surface area (Å²) in [5.74, 6) is 0. The van der Waals surface area contributed by atoms with Gasteiger partial charge < -0.3 is 5.11 Å². The van der Waals surface area contributed by atoms with E-state index in [0.29, 0.717) is 5.25 Å². The summed E-state index contributed by atoms with van der Waals surface area (Å²) < 4.78 is 1.11. The lowest BCUT2D eigenvalue weighted by atomic mass is 10.3. The highest BCUT2D eigenvalue weighted by Crippen LogP contribution is 2.35. The van der Waals surface area contributed by atoms with Crippen LogP contribution in [0.5, 0.6) is 0 Å². The molecule has 0 radical (unpaired) electrons. The number of aliphatic hydroxyl groups excluding tert-OH is 1. The van der Waals surface area contributed by atoms with Gasteiger partial charge in [-0.15, -0.1) is 11.8 Å². The first-order valence-electron chi connectivity index (χ1n) is 4.86. The van der Waals surface area contributed by atoms with Gasteiger partial charge in [-0.05, 0) is 43.5 Å².